The number of aliphatic imine (C=N–C) groups is 1. The number of ether oxygens (including phenoxy) is 2. The molecule has 1 aliphatic rings. The molecule has 2 amide bonds. The average Bonchev–Trinajstić information content (AvgIpc) is 3.42. The number of alkyl carbamates (subject to hydrolysis) is 1. The number of methoxy groups -OCH3 is 2. The summed E-state index contributed by atoms with van der Waals surface area (Å²) in [7, 11) is 2.41. The Hall–Kier alpha value is -1.89. The second-order valence-corrected chi connectivity index (χ2v) is 7.54. The Morgan fingerprint density at radius 3 is 2.55 bits per heavy atom. The van der Waals surface area contributed by atoms with E-state index >= 15 is 0 Å². The van der Waals surface area contributed by atoms with Gasteiger partial charge in [0.15, 0.2) is 5.52 Å². The summed E-state index contributed by atoms with van der Waals surface area (Å²) in [4.78, 5) is 52.3. The van der Waals surface area contributed by atoms with Crippen LogP contribution >= 0.6 is 17.2 Å². The van der Waals surface area contributed by atoms with E-state index in [9.17, 15) is 19.2 Å². The van der Waals surface area contributed by atoms with Gasteiger partial charge in [0.1, 0.15) is 0 Å². The molecule has 2 heterocycles. The van der Waals surface area contributed by atoms with Crippen molar-refractivity contribution < 1.29 is 68.3 Å². The van der Waals surface area contributed by atoms with Crippen LogP contribution in [-0.2, 0) is 58.7 Å². The first-order valence-electron chi connectivity index (χ1n) is 8.41. The number of amides is 2. The van der Waals surface area contributed by atoms with Gasteiger partial charge in [0.2, 0.25) is 6.09 Å². The van der Waals surface area contributed by atoms with Crippen molar-refractivity contribution in [3.8, 4) is 0 Å². The minimum atomic E-state index is -0.995. The number of rotatable bonds is 6. The van der Waals surface area contributed by atoms with Crippen LogP contribution in [0.5, 0.6) is 0 Å². The Morgan fingerprint density at radius 2 is 2.03 bits per heavy atom. The van der Waals surface area contributed by atoms with Gasteiger partial charge in [-0.1, -0.05) is 0 Å². The van der Waals surface area contributed by atoms with Crippen LogP contribution in [-0.4, -0.2) is 59.9 Å². The molecule has 0 aliphatic carbocycles. The zero-order chi connectivity index (χ0) is 23.1. The molecule has 1 aromatic carbocycles. The maximum atomic E-state index is 11.2. The van der Waals surface area contributed by atoms with E-state index in [2.05, 4.69) is 41.9 Å². The molecule has 3 N–H and O–H groups in total. The maximum Gasteiger partial charge on any atom is 2.00 e. The third-order valence-electron chi connectivity index (χ3n) is 3.13. The Bertz CT molecular complexity index is 940. The molecule has 1 aromatic heterocycles. The van der Waals surface area contributed by atoms with Crippen molar-refractivity contribution in [1.29, 1.82) is 0 Å². The normalized spacial score (nSPS) is 11.3. The molecule has 0 bridgehead atoms. The fourth-order valence-electron chi connectivity index (χ4n) is 1.82. The van der Waals surface area contributed by atoms with Crippen molar-refractivity contribution in [2.45, 2.75) is 6.42 Å². The first-order chi connectivity index (χ1) is 14.9. The van der Waals surface area contributed by atoms with E-state index in [1.807, 2.05) is 12.1 Å². The quantitative estimate of drug-likeness (QED) is 0.345. The van der Waals surface area contributed by atoms with Crippen LogP contribution in [0.4, 0.5) is 9.59 Å². The first-order valence-corrected chi connectivity index (χ1v) is 10.4. The Labute approximate surface area is 220 Å². The van der Waals surface area contributed by atoms with Crippen LogP contribution in [0, 0.1) is 12.1 Å². The summed E-state index contributed by atoms with van der Waals surface area (Å²) in [5.41, 5.74) is 9.17. The van der Waals surface area contributed by atoms with Gasteiger partial charge < -0.3 is 41.4 Å². The number of H-pyrrole nitrogens is 1. The number of nitrogens with one attached hydrogen (secondary N) is 3. The molecule has 2 atom stereocenters. The number of hydrogen-bond donors (Lipinski definition) is 2. The van der Waals surface area contributed by atoms with Crippen molar-refractivity contribution in [1.82, 2.24) is 15.3 Å². The molecule has 15 heteroatoms. The summed E-state index contributed by atoms with van der Waals surface area (Å²) >= 11 is 0. The molecule has 1 radical (unpaired) electrons. The molecule has 0 saturated heterocycles. The summed E-state index contributed by atoms with van der Waals surface area (Å²) in [5, 5.41) is 2.32. The monoisotopic (exact) mass is 698 g/mol. The Balaban J connectivity index is 0. The smallest absolute Gasteiger partial charge is 0.632 e. The standard InChI is InChI=1S/C8H10N2O3P.C8H5N2OP.C2H5NO2.V.W/c1-13-8(12)10-5-7(11)14-6-3-2-4-9-6;11-5-12-8-9-6-3-1-2-4-7(6)10-8;1-5-2(3)4;;/h4,14H,3,5H2,1H3,(H,10,12);1,3-4,12H,(H,9,10);1H3,(H2,3,4);;/q-1;-2;;2*+2/p-1. The van der Waals surface area contributed by atoms with Crippen molar-refractivity contribution in [2.75, 3.05) is 20.8 Å². The molecule has 11 nitrogen and oxygen atoms in total. The minimum absolute atomic E-state index is 0. The van der Waals surface area contributed by atoms with Gasteiger partial charge in [0.05, 0.1) is 26.3 Å². The van der Waals surface area contributed by atoms with Crippen molar-refractivity contribution in [2.24, 2.45) is 4.99 Å². The summed E-state index contributed by atoms with van der Waals surface area (Å²) in [6.45, 7) is -0.00978. The van der Waals surface area contributed by atoms with Gasteiger partial charge in [-0.15, -0.1) is 18.6 Å². The maximum absolute atomic E-state index is 11.2. The summed E-state index contributed by atoms with van der Waals surface area (Å²) in [6, 6.07) is 10.2. The molecule has 0 saturated carbocycles. The number of carbonyl (C=O) groups is 3. The van der Waals surface area contributed by atoms with Crippen LogP contribution in [0.1, 0.15) is 6.42 Å². The molecule has 1 aliphatic heterocycles. The van der Waals surface area contributed by atoms with Crippen molar-refractivity contribution in [3.63, 3.8) is 0 Å². The van der Waals surface area contributed by atoms with E-state index in [4.69, 9.17) is 5.73 Å². The van der Waals surface area contributed by atoms with E-state index in [0.717, 1.165) is 23.6 Å². The molecular formula is C18H19N5O6P2VW. The van der Waals surface area contributed by atoms with Gasteiger partial charge in [-0.2, -0.15) is 26.9 Å². The Morgan fingerprint density at radius 1 is 1.33 bits per heavy atom. The largest absolute Gasteiger partial charge is 2.00 e. The second-order valence-electron chi connectivity index (χ2n) is 5.23. The van der Waals surface area contributed by atoms with Crippen LogP contribution in [0.15, 0.2) is 29.4 Å². The van der Waals surface area contributed by atoms with Crippen LogP contribution < -0.4 is 10.9 Å². The van der Waals surface area contributed by atoms with Crippen molar-refractivity contribution >= 4 is 63.0 Å². The van der Waals surface area contributed by atoms with E-state index in [1.165, 1.54) is 7.11 Å². The number of hydrogen-bond acceptors (Lipinski definition) is 8. The number of nitrogens with zero attached hydrogens (tertiary/aromatic N) is 2. The second kappa shape index (κ2) is 19.6. The van der Waals surface area contributed by atoms with Gasteiger partial charge >= 0.3 is 45.7 Å². The van der Waals surface area contributed by atoms with E-state index in [0.29, 0.717) is 12.0 Å². The average molecular weight is 698 g/mol. The first kappa shape index (κ1) is 33.3. The topological polar surface area (TPSA) is 164 Å². The number of allylic oxidation sites excluding steroid dienone is 1. The predicted octanol–water partition coefficient (Wildman–Crippen LogP) is 2.20. The van der Waals surface area contributed by atoms with Crippen LogP contribution in [0.3, 0.4) is 0 Å². The molecule has 0 fully saturated rings. The molecular weight excluding hydrogens is 679 g/mol. The number of fused-ring (bicyclic) bond motifs is 1. The van der Waals surface area contributed by atoms with Gasteiger partial charge in [0, 0.05) is 5.45 Å². The third-order valence-corrected chi connectivity index (χ3v) is 4.75. The number of aromatic amines is 1. The molecule has 2 unspecified atom stereocenters. The van der Waals surface area contributed by atoms with E-state index in [-0.39, 0.29) is 68.9 Å². The predicted molar refractivity (Wildman–Crippen MR) is 119 cm³/mol. The molecule has 2 aromatic rings. The third kappa shape index (κ3) is 14.8. The fraction of sp³-hybridized carbons (Fsp3) is 0.222. The van der Waals surface area contributed by atoms with Crippen LogP contribution in [0.2, 0.25) is 0 Å². The van der Waals surface area contributed by atoms with E-state index in [1.54, 1.807) is 18.3 Å². The zero-order valence-electron chi connectivity index (χ0n) is 17.4. The summed E-state index contributed by atoms with van der Waals surface area (Å²) in [6.07, 6.45) is 3.45. The zero-order valence-corrected chi connectivity index (χ0v) is 23.8. The Kier molecular flexibility index (Phi) is 19.7. The molecule has 0 spiro atoms. The SMILES string of the molecule is COC(=O)NCC(=O)PC1=NC=[C-]C1.COC([NH-])=O.O=[C-]Pc1nc2c[c-]ccc2[nH]1.[V+2].[W+2]. The minimum Gasteiger partial charge on any atom is -0.632 e. The van der Waals surface area contributed by atoms with Gasteiger partial charge in [0.25, 0.3) is 0 Å². The fourth-order valence-corrected chi connectivity index (χ4v) is 3.11. The van der Waals surface area contributed by atoms with Crippen LogP contribution in [0.25, 0.3) is 16.8 Å². The van der Waals surface area contributed by atoms with Crippen molar-refractivity contribution in [3.05, 3.63) is 42.3 Å². The summed E-state index contributed by atoms with van der Waals surface area (Å²) < 4.78 is 8.10. The number of aromatic nitrogens is 2. The van der Waals surface area contributed by atoms with E-state index < -0.39 is 12.2 Å². The molecule has 33 heavy (non-hydrogen) atoms. The summed E-state index contributed by atoms with van der Waals surface area (Å²) in [5.74, 6) is 0. The molecule has 3 rings (SSSR count). The number of imidazole rings is 1. The van der Waals surface area contributed by atoms with Gasteiger partial charge in [-0.3, -0.25) is 14.6 Å². The number of benzene rings is 1. The number of carbonyl (C=O) groups excluding carboxylic acids is 4. The van der Waals surface area contributed by atoms with Gasteiger partial charge in [-0.25, -0.2) is 10.8 Å². The van der Waals surface area contributed by atoms with Gasteiger partial charge in [-0.05, 0) is 19.6 Å². The molecule has 173 valence electrons.